The first-order valence-electron chi connectivity index (χ1n) is 10.2. The molecule has 7 nitrogen and oxygen atoms in total. The summed E-state index contributed by atoms with van der Waals surface area (Å²) in [5.74, 6) is -0.533. The summed E-state index contributed by atoms with van der Waals surface area (Å²) >= 11 is 0. The Balaban J connectivity index is 1.67. The van der Waals surface area contributed by atoms with Crippen LogP contribution in [0, 0.1) is 0 Å². The Kier molecular flexibility index (Phi) is 4.52. The second-order valence-electron chi connectivity index (χ2n) is 7.79. The molecular weight excluding hydrogens is 404 g/mol. The number of amides is 1. The van der Waals surface area contributed by atoms with Crippen molar-refractivity contribution in [3.05, 3.63) is 93.1 Å². The minimum Gasteiger partial charge on any atom is -0.383 e. The summed E-state index contributed by atoms with van der Waals surface area (Å²) in [5.41, 5.74) is 5.43. The van der Waals surface area contributed by atoms with Crippen LogP contribution < -0.4 is 22.3 Å². The fraction of sp³-hybridized carbons (Fsp3) is 0.0800. The van der Waals surface area contributed by atoms with E-state index in [2.05, 4.69) is 46.7 Å². The number of benzene rings is 4. The normalized spacial score (nSPS) is 11.3. The predicted octanol–water partition coefficient (Wildman–Crippen LogP) is 3.59. The van der Waals surface area contributed by atoms with Crippen LogP contribution in [0.5, 0.6) is 0 Å². The van der Waals surface area contributed by atoms with Crippen molar-refractivity contribution in [2.75, 3.05) is 11.1 Å². The number of fused-ring (bicyclic) bond motifs is 5. The number of H-pyrrole nitrogens is 1. The van der Waals surface area contributed by atoms with Gasteiger partial charge >= 0.3 is 5.69 Å². The molecule has 5 aromatic rings. The van der Waals surface area contributed by atoms with Crippen LogP contribution in [-0.2, 0) is 11.3 Å². The summed E-state index contributed by atoms with van der Waals surface area (Å²) in [4.78, 5) is 38.2. The zero-order valence-electron chi connectivity index (χ0n) is 17.3. The van der Waals surface area contributed by atoms with E-state index in [0.29, 0.717) is 0 Å². The van der Waals surface area contributed by atoms with E-state index in [1.54, 1.807) is 0 Å². The van der Waals surface area contributed by atoms with Crippen molar-refractivity contribution < 1.29 is 4.79 Å². The Morgan fingerprint density at radius 2 is 1.56 bits per heavy atom. The van der Waals surface area contributed by atoms with Gasteiger partial charge in [0.05, 0.1) is 6.54 Å². The van der Waals surface area contributed by atoms with E-state index in [9.17, 15) is 14.4 Å². The zero-order valence-corrected chi connectivity index (χ0v) is 17.3. The molecule has 1 amide bonds. The van der Waals surface area contributed by atoms with E-state index >= 15 is 0 Å². The second kappa shape index (κ2) is 7.39. The van der Waals surface area contributed by atoms with Gasteiger partial charge in [0.15, 0.2) is 0 Å². The van der Waals surface area contributed by atoms with Gasteiger partial charge in [-0.25, -0.2) is 4.79 Å². The van der Waals surface area contributed by atoms with Gasteiger partial charge in [-0.3, -0.25) is 19.1 Å². The third-order valence-electron chi connectivity index (χ3n) is 5.69. The van der Waals surface area contributed by atoms with Gasteiger partial charge in [-0.2, -0.15) is 0 Å². The maximum absolute atomic E-state index is 12.4. The number of rotatable bonds is 3. The average Bonchev–Trinajstić information content (AvgIpc) is 2.78. The van der Waals surface area contributed by atoms with E-state index in [1.165, 1.54) is 22.3 Å². The molecule has 0 aliphatic rings. The van der Waals surface area contributed by atoms with Gasteiger partial charge in [-0.1, -0.05) is 60.7 Å². The molecule has 0 radical (unpaired) electrons. The summed E-state index contributed by atoms with van der Waals surface area (Å²) < 4.78 is 1.24. The Hall–Kier alpha value is -4.39. The number of anilines is 2. The van der Waals surface area contributed by atoms with E-state index in [0.717, 1.165) is 27.1 Å². The SMILES string of the molecule is CC(=O)Nc1c(N)n(Cc2ccc3ccc4c5ccccc5ccc4c3c2)c(=O)[nH]c1=O. The van der Waals surface area contributed by atoms with Crippen molar-refractivity contribution in [3.63, 3.8) is 0 Å². The van der Waals surface area contributed by atoms with Gasteiger partial charge in [0.1, 0.15) is 11.5 Å². The van der Waals surface area contributed by atoms with E-state index in [1.807, 2.05) is 30.3 Å². The summed E-state index contributed by atoms with van der Waals surface area (Å²) in [6.45, 7) is 1.42. The number of aromatic nitrogens is 2. The number of carbonyl (C=O) groups excluding carboxylic acids is 1. The molecule has 0 saturated heterocycles. The highest BCUT2D eigenvalue weighted by atomic mass is 16.2. The lowest BCUT2D eigenvalue weighted by atomic mass is 9.96. The van der Waals surface area contributed by atoms with E-state index < -0.39 is 17.2 Å². The Morgan fingerprint density at radius 1 is 0.906 bits per heavy atom. The first-order chi connectivity index (χ1) is 15.4. The van der Waals surface area contributed by atoms with Gasteiger partial charge in [0, 0.05) is 6.92 Å². The predicted molar refractivity (Wildman–Crippen MR) is 128 cm³/mol. The van der Waals surface area contributed by atoms with Crippen LogP contribution in [0.4, 0.5) is 11.5 Å². The summed E-state index contributed by atoms with van der Waals surface area (Å²) in [6, 6.07) is 22.6. The van der Waals surface area contributed by atoms with Crippen LogP contribution in [0.3, 0.4) is 0 Å². The van der Waals surface area contributed by atoms with E-state index in [4.69, 9.17) is 5.73 Å². The molecule has 158 valence electrons. The highest BCUT2D eigenvalue weighted by molar-refractivity contribution is 6.17. The van der Waals surface area contributed by atoms with Gasteiger partial charge in [0.2, 0.25) is 5.91 Å². The van der Waals surface area contributed by atoms with Gasteiger partial charge in [-0.15, -0.1) is 0 Å². The topological polar surface area (TPSA) is 110 Å². The molecule has 0 atom stereocenters. The number of nitrogens with two attached hydrogens (primary N) is 1. The number of aromatic amines is 1. The largest absolute Gasteiger partial charge is 0.383 e. The van der Waals surface area contributed by atoms with Crippen molar-refractivity contribution in [2.24, 2.45) is 0 Å². The lowest BCUT2D eigenvalue weighted by Crippen LogP contribution is -2.35. The Labute approximate surface area is 182 Å². The highest BCUT2D eigenvalue weighted by Crippen LogP contribution is 2.32. The number of carbonyl (C=O) groups is 1. The van der Waals surface area contributed by atoms with Gasteiger partial charge in [0.25, 0.3) is 5.56 Å². The molecule has 1 aromatic heterocycles. The Morgan fingerprint density at radius 3 is 2.31 bits per heavy atom. The molecule has 0 fully saturated rings. The molecular formula is C25H20N4O3. The van der Waals surface area contributed by atoms with Crippen molar-refractivity contribution in [1.82, 2.24) is 9.55 Å². The van der Waals surface area contributed by atoms with Crippen molar-refractivity contribution >= 4 is 49.7 Å². The molecule has 0 spiro atoms. The lowest BCUT2D eigenvalue weighted by Gasteiger charge is -2.14. The van der Waals surface area contributed by atoms with Crippen LogP contribution in [0.25, 0.3) is 32.3 Å². The van der Waals surface area contributed by atoms with Crippen LogP contribution >= 0.6 is 0 Å². The summed E-state index contributed by atoms with van der Waals surface area (Å²) in [7, 11) is 0. The molecule has 32 heavy (non-hydrogen) atoms. The van der Waals surface area contributed by atoms with Crippen molar-refractivity contribution in [1.29, 1.82) is 0 Å². The number of nitrogens with zero attached hydrogens (tertiary/aromatic N) is 1. The lowest BCUT2D eigenvalue weighted by molar-refractivity contribution is -0.114. The number of hydrogen-bond acceptors (Lipinski definition) is 4. The quantitative estimate of drug-likeness (QED) is 0.385. The number of nitrogen functional groups attached to an aromatic ring is 1. The van der Waals surface area contributed by atoms with Crippen LogP contribution in [0.1, 0.15) is 12.5 Å². The van der Waals surface area contributed by atoms with Crippen molar-refractivity contribution in [2.45, 2.75) is 13.5 Å². The molecule has 4 aromatic carbocycles. The number of hydrogen-bond donors (Lipinski definition) is 3. The molecule has 7 heteroatoms. The second-order valence-corrected chi connectivity index (χ2v) is 7.79. The highest BCUT2D eigenvalue weighted by Gasteiger charge is 2.14. The molecule has 0 unspecified atom stereocenters. The van der Waals surface area contributed by atoms with Gasteiger partial charge in [-0.05, 0) is 43.9 Å². The first kappa shape index (κ1) is 19.6. The average molecular weight is 424 g/mol. The van der Waals surface area contributed by atoms with Gasteiger partial charge < -0.3 is 11.1 Å². The summed E-state index contributed by atoms with van der Waals surface area (Å²) in [6.07, 6.45) is 0. The molecule has 0 aliphatic heterocycles. The fourth-order valence-electron chi connectivity index (χ4n) is 4.19. The smallest absolute Gasteiger partial charge is 0.330 e. The standard InChI is InChI=1S/C25H20N4O3/c1-14(30)27-22-23(26)29(25(32)28-24(22)31)13-15-6-7-17-9-10-19-18-5-3-2-4-16(18)8-11-20(19)21(17)12-15/h2-12H,13,26H2,1H3,(H,27,30)(H,28,31,32). The van der Waals surface area contributed by atoms with Crippen LogP contribution in [0.15, 0.2) is 76.3 Å². The zero-order chi connectivity index (χ0) is 22.4. The maximum Gasteiger partial charge on any atom is 0.330 e. The van der Waals surface area contributed by atoms with Crippen LogP contribution in [0.2, 0.25) is 0 Å². The van der Waals surface area contributed by atoms with E-state index in [-0.39, 0.29) is 18.1 Å². The fourth-order valence-corrected chi connectivity index (χ4v) is 4.19. The minimum absolute atomic E-state index is 0.0852. The first-order valence-corrected chi connectivity index (χ1v) is 10.2. The molecule has 0 saturated carbocycles. The molecule has 1 heterocycles. The third-order valence-corrected chi connectivity index (χ3v) is 5.69. The molecule has 4 N–H and O–H groups in total. The summed E-state index contributed by atoms with van der Waals surface area (Å²) in [5, 5.41) is 9.16. The van der Waals surface area contributed by atoms with Crippen LogP contribution in [-0.4, -0.2) is 15.5 Å². The monoisotopic (exact) mass is 424 g/mol. The molecule has 0 bridgehead atoms. The number of nitrogens with one attached hydrogen (secondary N) is 2. The molecule has 5 rings (SSSR count). The Bertz CT molecular complexity index is 1660. The third kappa shape index (κ3) is 3.20. The minimum atomic E-state index is -0.727. The van der Waals surface area contributed by atoms with Crippen molar-refractivity contribution in [3.8, 4) is 0 Å². The maximum atomic E-state index is 12.4. The molecule has 0 aliphatic carbocycles.